The number of hydrogen-bond acceptors (Lipinski definition) is 2. The molecule has 2 aromatic rings. The number of aryl methyl sites for hydroxylation is 1. The number of H-pyrrole nitrogens is 1. The highest BCUT2D eigenvalue weighted by molar-refractivity contribution is 5.84. The van der Waals surface area contributed by atoms with E-state index in [1.807, 2.05) is 25.1 Å². The van der Waals surface area contributed by atoms with Crippen molar-refractivity contribution in [3.8, 4) is 0 Å². The van der Waals surface area contributed by atoms with Crippen molar-refractivity contribution in [1.29, 1.82) is 0 Å². The Labute approximate surface area is 111 Å². The molecule has 19 heavy (non-hydrogen) atoms. The first kappa shape index (κ1) is 12.2. The molecule has 100 valence electrons. The lowest BCUT2D eigenvalue weighted by molar-refractivity contribution is -0.140. The number of carboxylic acid groups (broad SMARTS) is 1. The normalized spacial score (nSPS) is 16.7. The zero-order valence-corrected chi connectivity index (χ0v) is 10.9. The summed E-state index contributed by atoms with van der Waals surface area (Å²) in [5, 5.41) is 13.6. The van der Waals surface area contributed by atoms with Gasteiger partial charge in [-0.3, -0.25) is 10.1 Å². The quantitative estimate of drug-likeness (QED) is 0.771. The number of benzene rings is 1. The Kier molecular flexibility index (Phi) is 3.03. The molecule has 0 amide bonds. The second kappa shape index (κ2) is 4.70. The van der Waals surface area contributed by atoms with Crippen LogP contribution >= 0.6 is 0 Å². The van der Waals surface area contributed by atoms with E-state index in [9.17, 15) is 9.90 Å². The summed E-state index contributed by atoms with van der Waals surface area (Å²) in [6.07, 6.45) is 2.05. The average molecular weight is 258 g/mol. The largest absolute Gasteiger partial charge is 0.480 e. The van der Waals surface area contributed by atoms with Gasteiger partial charge in [-0.15, -0.1) is 0 Å². The highest BCUT2D eigenvalue weighted by Gasteiger charge is 2.35. The SMILES string of the molecule is Cc1[nH]c2ccccc2c1CNC(C(=O)O)C1CC1. The highest BCUT2D eigenvalue weighted by atomic mass is 16.4. The van der Waals surface area contributed by atoms with Crippen LogP contribution in [-0.4, -0.2) is 22.1 Å². The van der Waals surface area contributed by atoms with Crippen LogP contribution in [0.15, 0.2) is 24.3 Å². The van der Waals surface area contributed by atoms with Crippen LogP contribution in [-0.2, 0) is 11.3 Å². The molecule has 1 saturated carbocycles. The van der Waals surface area contributed by atoms with Crippen molar-refractivity contribution in [2.24, 2.45) is 5.92 Å². The van der Waals surface area contributed by atoms with Crippen LogP contribution in [0.5, 0.6) is 0 Å². The van der Waals surface area contributed by atoms with E-state index in [4.69, 9.17) is 0 Å². The molecule has 4 nitrogen and oxygen atoms in total. The molecule has 0 saturated heterocycles. The Bertz CT molecular complexity index is 614. The second-order valence-electron chi connectivity index (χ2n) is 5.31. The van der Waals surface area contributed by atoms with Gasteiger partial charge in [-0.2, -0.15) is 0 Å². The van der Waals surface area contributed by atoms with Crippen LogP contribution in [0, 0.1) is 12.8 Å². The van der Waals surface area contributed by atoms with Gasteiger partial charge in [-0.1, -0.05) is 18.2 Å². The number of nitrogens with one attached hydrogen (secondary N) is 2. The first-order valence-corrected chi connectivity index (χ1v) is 6.69. The summed E-state index contributed by atoms with van der Waals surface area (Å²) >= 11 is 0. The molecule has 1 aliphatic carbocycles. The van der Waals surface area contributed by atoms with Crippen LogP contribution in [0.1, 0.15) is 24.1 Å². The smallest absolute Gasteiger partial charge is 0.320 e. The number of carbonyl (C=O) groups is 1. The summed E-state index contributed by atoms with van der Waals surface area (Å²) in [6.45, 7) is 2.63. The van der Waals surface area contributed by atoms with Crippen LogP contribution in [0.2, 0.25) is 0 Å². The maximum absolute atomic E-state index is 11.2. The molecule has 1 aromatic heterocycles. The van der Waals surface area contributed by atoms with Gasteiger partial charge in [0.1, 0.15) is 6.04 Å². The van der Waals surface area contributed by atoms with Crippen molar-refractivity contribution in [2.45, 2.75) is 32.4 Å². The van der Waals surface area contributed by atoms with E-state index in [1.165, 1.54) is 10.9 Å². The number of para-hydroxylation sites is 1. The topological polar surface area (TPSA) is 65.1 Å². The van der Waals surface area contributed by atoms with Crippen molar-refractivity contribution in [1.82, 2.24) is 10.3 Å². The summed E-state index contributed by atoms with van der Waals surface area (Å²) in [4.78, 5) is 14.6. The Morgan fingerprint density at radius 2 is 2.21 bits per heavy atom. The molecule has 0 bridgehead atoms. The third kappa shape index (κ3) is 2.36. The van der Waals surface area contributed by atoms with Gasteiger partial charge in [-0.05, 0) is 37.3 Å². The van der Waals surface area contributed by atoms with Crippen LogP contribution in [0.25, 0.3) is 10.9 Å². The van der Waals surface area contributed by atoms with Gasteiger partial charge in [0.25, 0.3) is 0 Å². The molecule has 3 N–H and O–H groups in total. The fourth-order valence-corrected chi connectivity index (χ4v) is 2.66. The average Bonchev–Trinajstić information content (AvgIpc) is 3.14. The van der Waals surface area contributed by atoms with E-state index in [1.54, 1.807) is 0 Å². The summed E-state index contributed by atoms with van der Waals surface area (Å²) in [6, 6.07) is 7.71. The summed E-state index contributed by atoms with van der Waals surface area (Å²) in [7, 11) is 0. The second-order valence-corrected chi connectivity index (χ2v) is 5.31. The molecule has 0 aliphatic heterocycles. The van der Waals surface area contributed by atoms with Gasteiger partial charge >= 0.3 is 5.97 Å². The van der Waals surface area contributed by atoms with Crippen LogP contribution in [0.3, 0.4) is 0 Å². The van der Waals surface area contributed by atoms with E-state index in [2.05, 4.69) is 16.4 Å². The first-order chi connectivity index (χ1) is 9.16. The molecule has 0 radical (unpaired) electrons. The maximum Gasteiger partial charge on any atom is 0.320 e. The molecule has 1 unspecified atom stereocenters. The minimum Gasteiger partial charge on any atom is -0.480 e. The third-order valence-corrected chi connectivity index (χ3v) is 3.89. The van der Waals surface area contributed by atoms with Crippen molar-refractivity contribution >= 4 is 16.9 Å². The Hall–Kier alpha value is -1.81. The fourth-order valence-electron chi connectivity index (χ4n) is 2.66. The maximum atomic E-state index is 11.2. The summed E-state index contributed by atoms with van der Waals surface area (Å²) < 4.78 is 0. The summed E-state index contributed by atoms with van der Waals surface area (Å²) in [5.41, 5.74) is 3.38. The highest BCUT2D eigenvalue weighted by Crippen LogP contribution is 2.33. The van der Waals surface area contributed by atoms with E-state index in [-0.39, 0.29) is 0 Å². The van der Waals surface area contributed by atoms with Crippen LogP contribution < -0.4 is 5.32 Å². The van der Waals surface area contributed by atoms with E-state index in [0.717, 1.165) is 24.1 Å². The lowest BCUT2D eigenvalue weighted by Crippen LogP contribution is -2.38. The van der Waals surface area contributed by atoms with Gasteiger partial charge in [0, 0.05) is 23.1 Å². The number of rotatable bonds is 5. The lowest BCUT2D eigenvalue weighted by atomic mass is 10.1. The number of aromatic amines is 1. The molecule has 3 rings (SSSR count). The minimum atomic E-state index is -0.736. The third-order valence-electron chi connectivity index (χ3n) is 3.89. The molecular weight excluding hydrogens is 240 g/mol. The van der Waals surface area contributed by atoms with E-state index < -0.39 is 12.0 Å². The van der Waals surface area contributed by atoms with Gasteiger partial charge in [0.05, 0.1) is 0 Å². The predicted molar refractivity (Wildman–Crippen MR) is 74.0 cm³/mol. The van der Waals surface area contributed by atoms with Gasteiger partial charge in [0.2, 0.25) is 0 Å². The molecule has 1 fully saturated rings. The van der Waals surface area contributed by atoms with Gasteiger partial charge in [0.15, 0.2) is 0 Å². The van der Waals surface area contributed by atoms with Gasteiger partial charge < -0.3 is 10.1 Å². The summed E-state index contributed by atoms with van der Waals surface area (Å²) in [5.74, 6) is -0.428. The zero-order chi connectivity index (χ0) is 13.4. The Morgan fingerprint density at radius 1 is 1.47 bits per heavy atom. The van der Waals surface area contributed by atoms with Crippen molar-refractivity contribution in [3.05, 3.63) is 35.5 Å². The monoisotopic (exact) mass is 258 g/mol. The number of carboxylic acids is 1. The molecule has 1 aromatic carbocycles. The number of hydrogen-bond donors (Lipinski definition) is 3. The van der Waals surface area contributed by atoms with E-state index in [0.29, 0.717) is 12.5 Å². The zero-order valence-electron chi connectivity index (χ0n) is 10.9. The number of fused-ring (bicyclic) bond motifs is 1. The Morgan fingerprint density at radius 3 is 2.89 bits per heavy atom. The van der Waals surface area contributed by atoms with Crippen LogP contribution in [0.4, 0.5) is 0 Å². The molecule has 0 spiro atoms. The molecule has 1 atom stereocenters. The van der Waals surface area contributed by atoms with Crippen molar-refractivity contribution in [3.63, 3.8) is 0 Å². The number of aromatic nitrogens is 1. The predicted octanol–water partition coefficient (Wildman–Crippen LogP) is 2.43. The van der Waals surface area contributed by atoms with E-state index >= 15 is 0 Å². The standard InChI is InChI=1S/C15H18N2O2/c1-9-12(11-4-2-3-5-13(11)17-9)8-16-14(15(18)19)10-6-7-10/h2-5,10,14,16-17H,6-8H2,1H3,(H,18,19). The van der Waals surface area contributed by atoms with Crippen molar-refractivity contribution < 1.29 is 9.90 Å². The molecule has 1 aliphatic rings. The molecule has 1 heterocycles. The first-order valence-electron chi connectivity index (χ1n) is 6.69. The number of aliphatic carboxylic acids is 1. The van der Waals surface area contributed by atoms with Crippen molar-refractivity contribution in [2.75, 3.05) is 0 Å². The lowest BCUT2D eigenvalue weighted by Gasteiger charge is -2.13. The van der Waals surface area contributed by atoms with Gasteiger partial charge in [-0.25, -0.2) is 0 Å². The fraction of sp³-hybridized carbons (Fsp3) is 0.400. The molecule has 4 heteroatoms. The molecular formula is C15H18N2O2. The Balaban J connectivity index is 1.81. The minimum absolute atomic E-state index is 0.308.